The Morgan fingerprint density at radius 1 is 1.37 bits per heavy atom. The average Bonchev–Trinajstić information content (AvgIpc) is 2.85. The van der Waals surface area contributed by atoms with Crippen molar-refractivity contribution in [2.75, 3.05) is 6.54 Å². The van der Waals surface area contributed by atoms with Crippen molar-refractivity contribution in [1.82, 2.24) is 20.3 Å². The van der Waals surface area contributed by atoms with E-state index in [9.17, 15) is 0 Å². The zero-order valence-electron chi connectivity index (χ0n) is 11.6. The van der Waals surface area contributed by atoms with E-state index in [0.29, 0.717) is 5.92 Å². The molecule has 19 heavy (non-hydrogen) atoms. The molecule has 0 amide bonds. The number of hydrogen-bond acceptors (Lipinski definition) is 4. The first-order chi connectivity index (χ1) is 9.15. The molecule has 0 fully saturated rings. The number of aromatic amines is 1. The molecule has 2 aromatic heterocycles. The van der Waals surface area contributed by atoms with E-state index in [4.69, 9.17) is 0 Å². The summed E-state index contributed by atoms with van der Waals surface area (Å²) >= 11 is 1.56. The summed E-state index contributed by atoms with van der Waals surface area (Å²) in [6, 6.07) is 2.19. The van der Waals surface area contributed by atoms with Gasteiger partial charge in [-0.2, -0.15) is 0 Å². The minimum Gasteiger partial charge on any atom is -0.339 e. The van der Waals surface area contributed by atoms with E-state index in [-0.39, 0.29) is 0 Å². The van der Waals surface area contributed by atoms with Crippen LogP contribution in [-0.2, 0) is 6.54 Å². The maximum absolute atomic E-state index is 4.51. The van der Waals surface area contributed by atoms with Crippen molar-refractivity contribution in [3.63, 3.8) is 0 Å². The van der Waals surface area contributed by atoms with Crippen LogP contribution in [0.3, 0.4) is 0 Å². The zero-order valence-corrected chi connectivity index (χ0v) is 12.4. The van der Waals surface area contributed by atoms with E-state index < -0.39 is 0 Å². The monoisotopic (exact) mass is 276 g/mol. The van der Waals surface area contributed by atoms with Crippen LogP contribution < -0.4 is 5.32 Å². The van der Waals surface area contributed by atoms with Gasteiger partial charge in [-0.15, -0.1) is 0 Å². The van der Waals surface area contributed by atoms with Crippen LogP contribution in [0.5, 0.6) is 0 Å². The van der Waals surface area contributed by atoms with Gasteiger partial charge < -0.3 is 10.3 Å². The minimum absolute atomic E-state index is 0.669. The maximum atomic E-state index is 4.51. The van der Waals surface area contributed by atoms with Gasteiger partial charge in [0.1, 0.15) is 5.03 Å². The fraction of sp³-hybridized carbons (Fsp3) is 0.429. The van der Waals surface area contributed by atoms with Gasteiger partial charge in [0.25, 0.3) is 0 Å². The number of nitrogens with one attached hydrogen (secondary N) is 2. The van der Waals surface area contributed by atoms with Gasteiger partial charge in [0.2, 0.25) is 0 Å². The summed E-state index contributed by atoms with van der Waals surface area (Å²) in [6.45, 7) is 8.41. The van der Waals surface area contributed by atoms with Crippen LogP contribution in [0.25, 0.3) is 0 Å². The predicted molar refractivity (Wildman–Crippen MR) is 78.2 cm³/mol. The van der Waals surface area contributed by atoms with Crippen molar-refractivity contribution < 1.29 is 0 Å². The fourth-order valence-electron chi connectivity index (χ4n) is 1.73. The van der Waals surface area contributed by atoms with E-state index in [1.807, 2.05) is 12.4 Å². The van der Waals surface area contributed by atoms with E-state index in [2.05, 4.69) is 47.1 Å². The molecule has 0 aliphatic rings. The Morgan fingerprint density at radius 2 is 2.21 bits per heavy atom. The van der Waals surface area contributed by atoms with Crippen LogP contribution in [-0.4, -0.2) is 21.5 Å². The Bertz CT molecular complexity index is 508. The molecule has 2 aromatic rings. The van der Waals surface area contributed by atoms with Crippen LogP contribution in [0.2, 0.25) is 0 Å². The molecule has 0 aromatic carbocycles. The smallest absolute Gasteiger partial charge is 0.171 e. The lowest BCUT2D eigenvalue weighted by molar-refractivity contribution is 0.551. The van der Waals surface area contributed by atoms with Crippen molar-refractivity contribution in [3.8, 4) is 0 Å². The standard InChI is InChI=1S/C14H20N4S/c1-10(2)7-15-8-12-6-11(3)13(18-9-12)19-14-16-4-5-17-14/h4-6,9-10,15H,7-8H2,1-3H3,(H,16,17). The van der Waals surface area contributed by atoms with Gasteiger partial charge in [0.05, 0.1) is 0 Å². The van der Waals surface area contributed by atoms with Crippen molar-refractivity contribution >= 4 is 11.8 Å². The number of nitrogens with zero attached hydrogens (tertiary/aromatic N) is 2. The number of aryl methyl sites for hydroxylation is 1. The maximum Gasteiger partial charge on any atom is 0.171 e. The molecule has 0 saturated carbocycles. The molecule has 0 radical (unpaired) electrons. The molecule has 0 atom stereocenters. The van der Waals surface area contributed by atoms with Crippen LogP contribution in [0, 0.1) is 12.8 Å². The summed E-state index contributed by atoms with van der Waals surface area (Å²) in [7, 11) is 0. The lowest BCUT2D eigenvalue weighted by Gasteiger charge is -2.09. The molecule has 102 valence electrons. The summed E-state index contributed by atoms with van der Waals surface area (Å²) in [5, 5.41) is 5.31. The first kappa shape index (κ1) is 14.1. The predicted octanol–water partition coefficient (Wildman–Crippen LogP) is 3.01. The highest BCUT2D eigenvalue weighted by atomic mass is 32.2. The van der Waals surface area contributed by atoms with Gasteiger partial charge >= 0.3 is 0 Å². The summed E-state index contributed by atoms with van der Waals surface area (Å²) in [6.07, 6.45) is 5.51. The molecule has 0 aliphatic heterocycles. The second kappa shape index (κ2) is 6.73. The Hall–Kier alpha value is -1.33. The zero-order chi connectivity index (χ0) is 13.7. The molecule has 0 spiro atoms. The molecular formula is C14H20N4S. The van der Waals surface area contributed by atoms with Crippen molar-refractivity contribution in [2.45, 2.75) is 37.5 Å². The minimum atomic E-state index is 0.669. The molecule has 2 N–H and O–H groups in total. The summed E-state index contributed by atoms with van der Waals surface area (Å²) in [5.41, 5.74) is 2.41. The van der Waals surface area contributed by atoms with Crippen molar-refractivity contribution in [3.05, 3.63) is 35.8 Å². The molecule has 0 unspecified atom stereocenters. The molecule has 4 nitrogen and oxygen atoms in total. The highest BCUT2D eigenvalue weighted by molar-refractivity contribution is 7.99. The van der Waals surface area contributed by atoms with Crippen LogP contribution in [0.15, 0.2) is 34.8 Å². The van der Waals surface area contributed by atoms with E-state index in [1.165, 1.54) is 11.1 Å². The molecule has 0 aliphatic carbocycles. The van der Waals surface area contributed by atoms with Crippen LogP contribution in [0.1, 0.15) is 25.0 Å². The molecular weight excluding hydrogens is 256 g/mol. The quantitative estimate of drug-likeness (QED) is 0.851. The highest BCUT2D eigenvalue weighted by Gasteiger charge is 2.06. The first-order valence-electron chi connectivity index (χ1n) is 6.48. The van der Waals surface area contributed by atoms with Gasteiger partial charge in [0, 0.05) is 25.1 Å². The molecule has 0 saturated heterocycles. The number of pyridine rings is 1. The van der Waals surface area contributed by atoms with Gasteiger partial charge in [-0.1, -0.05) is 19.9 Å². The summed E-state index contributed by atoms with van der Waals surface area (Å²) in [4.78, 5) is 11.8. The van der Waals surface area contributed by atoms with Crippen LogP contribution >= 0.6 is 11.8 Å². The molecule has 5 heteroatoms. The third-order valence-corrected chi connectivity index (χ3v) is 3.67. The van der Waals surface area contributed by atoms with Gasteiger partial charge in [0.15, 0.2) is 5.16 Å². The van der Waals surface area contributed by atoms with E-state index in [0.717, 1.165) is 23.3 Å². The van der Waals surface area contributed by atoms with Gasteiger partial charge in [-0.05, 0) is 42.3 Å². The van der Waals surface area contributed by atoms with Crippen molar-refractivity contribution in [2.24, 2.45) is 5.92 Å². The van der Waals surface area contributed by atoms with Gasteiger partial charge in [-0.3, -0.25) is 0 Å². The van der Waals surface area contributed by atoms with Gasteiger partial charge in [-0.25, -0.2) is 9.97 Å². The molecule has 0 bridgehead atoms. The molecule has 2 heterocycles. The van der Waals surface area contributed by atoms with E-state index in [1.54, 1.807) is 18.0 Å². The Kier molecular flexibility index (Phi) is 4.99. The Labute approximate surface area is 118 Å². The average molecular weight is 276 g/mol. The third-order valence-electron chi connectivity index (χ3n) is 2.64. The number of rotatable bonds is 6. The SMILES string of the molecule is Cc1cc(CNCC(C)C)cnc1Sc1ncc[nH]1. The van der Waals surface area contributed by atoms with Crippen molar-refractivity contribution in [1.29, 1.82) is 0 Å². The number of aromatic nitrogens is 3. The summed E-state index contributed by atoms with van der Waals surface area (Å²) in [5.74, 6) is 0.669. The Morgan fingerprint density at radius 3 is 2.84 bits per heavy atom. The number of hydrogen-bond donors (Lipinski definition) is 2. The second-order valence-electron chi connectivity index (χ2n) is 4.99. The lowest BCUT2D eigenvalue weighted by Crippen LogP contribution is -2.19. The highest BCUT2D eigenvalue weighted by Crippen LogP contribution is 2.25. The fourth-order valence-corrected chi connectivity index (χ4v) is 2.48. The molecule has 2 rings (SSSR count). The normalized spacial score (nSPS) is 11.2. The summed E-state index contributed by atoms with van der Waals surface area (Å²) < 4.78 is 0. The number of imidazole rings is 1. The number of H-pyrrole nitrogens is 1. The van der Waals surface area contributed by atoms with E-state index >= 15 is 0 Å². The third kappa shape index (κ3) is 4.36. The van der Waals surface area contributed by atoms with Crippen LogP contribution in [0.4, 0.5) is 0 Å². The topological polar surface area (TPSA) is 53.6 Å². The first-order valence-corrected chi connectivity index (χ1v) is 7.30. The Balaban J connectivity index is 1.97. The lowest BCUT2D eigenvalue weighted by atomic mass is 10.2. The largest absolute Gasteiger partial charge is 0.339 e. The second-order valence-corrected chi connectivity index (χ2v) is 5.96.